The van der Waals surface area contributed by atoms with Gasteiger partial charge in [0, 0.05) is 18.0 Å². The maximum atomic E-state index is 13.4. The third-order valence-electron chi connectivity index (χ3n) is 5.73. The summed E-state index contributed by atoms with van der Waals surface area (Å²) < 4.78 is 11.7. The van der Waals surface area contributed by atoms with Crippen molar-refractivity contribution < 1.29 is 13.9 Å². The normalized spacial score (nSPS) is 21.1. The molecule has 2 aliphatic heterocycles. The third-order valence-corrected chi connectivity index (χ3v) is 6.47. The predicted molar refractivity (Wildman–Crippen MR) is 113 cm³/mol. The molecule has 2 atom stereocenters. The van der Waals surface area contributed by atoms with Gasteiger partial charge in [-0.25, -0.2) is 0 Å². The number of benzene rings is 2. The molecular weight excluding hydrogens is 386 g/mol. The molecule has 2 aliphatic rings. The van der Waals surface area contributed by atoms with Gasteiger partial charge in [-0.1, -0.05) is 24.3 Å². The van der Waals surface area contributed by atoms with E-state index in [1.165, 1.54) is 0 Å². The molecule has 0 radical (unpaired) electrons. The average Bonchev–Trinajstić information content (AvgIpc) is 3.36. The van der Waals surface area contributed by atoms with Gasteiger partial charge < -0.3 is 14.1 Å². The van der Waals surface area contributed by atoms with Gasteiger partial charge in [-0.3, -0.25) is 9.59 Å². The maximum absolute atomic E-state index is 13.4. The first-order valence-electron chi connectivity index (χ1n) is 9.79. The zero-order valence-corrected chi connectivity index (χ0v) is 16.9. The molecule has 0 saturated carbocycles. The van der Waals surface area contributed by atoms with Crippen LogP contribution in [-0.4, -0.2) is 36.3 Å². The van der Waals surface area contributed by atoms with E-state index in [1.54, 1.807) is 34.9 Å². The first-order valence-corrected chi connectivity index (χ1v) is 11.0. The lowest BCUT2D eigenvalue weighted by atomic mass is 9.98. The van der Waals surface area contributed by atoms with Crippen LogP contribution in [0, 0.1) is 0 Å². The number of hydrogen-bond donors (Lipinski definition) is 0. The molecule has 0 unspecified atom stereocenters. The standard InChI is InChI=1S/C23H21NO4S/c1-29-16-10-8-14(9-11-16)20-19-21(25)17-6-2-3-7-18(17)28-22(19)23(26)24(20)13-15-5-4-12-27-15/h2-3,6-11,15,20H,4-5,12-13H2,1H3/t15-,20-/m1/s1. The number of fused-ring (bicyclic) bond motifs is 2. The summed E-state index contributed by atoms with van der Waals surface area (Å²) in [6.07, 6.45) is 3.93. The van der Waals surface area contributed by atoms with Crippen molar-refractivity contribution in [3.63, 3.8) is 0 Å². The van der Waals surface area contributed by atoms with E-state index in [0.29, 0.717) is 29.7 Å². The topological polar surface area (TPSA) is 59.8 Å². The summed E-state index contributed by atoms with van der Waals surface area (Å²) in [7, 11) is 0. The second-order valence-corrected chi connectivity index (χ2v) is 8.32. The van der Waals surface area contributed by atoms with Crippen molar-refractivity contribution in [3.05, 3.63) is 75.6 Å². The average molecular weight is 407 g/mol. The molecule has 1 amide bonds. The summed E-state index contributed by atoms with van der Waals surface area (Å²) in [5, 5.41) is 0.503. The monoisotopic (exact) mass is 407 g/mol. The van der Waals surface area contributed by atoms with E-state index >= 15 is 0 Å². The van der Waals surface area contributed by atoms with Gasteiger partial charge in [-0.2, -0.15) is 0 Å². The first kappa shape index (κ1) is 18.5. The van der Waals surface area contributed by atoms with Crippen LogP contribution in [-0.2, 0) is 4.74 Å². The second kappa shape index (κ2) is 7.35. The highest BCUT2D eigenvalue weighted by Crippen LogP contribution is 2.39. The van der Waals surface area contributed by atoms with E-state index in [2.05, 4.69) is 0 Å². The SMILES string of the molecule is CSc1ccc([C@@H]2c3c(oc4ccccc4c3=O)C(=O)N2C[C@H]2CCCO2)cc1. The zero-order chi connectivity index (χ0) is 20.0. The van der Waals surface area contributed by atoms with E-state index in [0.717, 1.165) is 23.3 Å². The van der Waals surface area contributed by atoms with Crippen LogP contribution in [0.15, 0.2) is 62.6 Å². The Bertz CT molecular complexity index is 1130. The number of para-hydroxylation sites is 1. The molecule has 5 rings (SSSR count). The number of carbonyl (C=O) groups excluding carboxylic acids is 1. The fourth-order valence-electron chi connectivity index (χ4n) is 4.30. The van der Waals surface area contributed by atoms with Crippen LogP contribution in [0.1, 0.15) is 40.6 Å². The highest BCUT2D eigenvalue weighted by Gasteiger charge is 2.43. The number of ether oxygens (including phenoxy) is 1. The van der Waals surface area contributed by atoms with E-state index in [4.69, 9.17) is 9.15 Å². The molecule has 3 aromatic rings. The van der Waals surface area contributed by atoms with Crippen LogP contribution >= 0.6 is 11.8 Å². The molecule has 2 aromatic carbocycles. The van der Waals surface area contributed by atoms with Crippen molar-refractivity contribution in [1.82, 2.24) is 4.90 Å². The summed E-state index contributed by atoms with van der Waals surface area (Å²) >= 11 is 1.66. The summed E-state index contributed by atoms with van der Waals surface area (Å²) in [6.45, 7) is 1.17. The molecule has 6 heteroatoms. The van der Waals surface area contributed by atoms with Crippen molar-refractivity contribution in [2.45, 2.75) is 29.9 Å². The van der Waals surface area contributed by atoms with Gasteiger partial charge in [-0.05, 0) is 48.9 Å². The van der Waals surface area contributed by atoms with Crippen molar-refractivity contribution in [3.8, 4) is 0 Å². The van der Waals surface area contributed by atoms with Gasteiger partial charge in [0.05, 0.1) is 23.1 Å². The third kappa shape index (κ3) is 3.07. The predicted octanol–water partition coefficient (Wildman–Crippen LogP) is 4.24. The molecule has 0 bridgehead atoms. The van der Waals surface area contributed by atoms with E-state index in [9.17, 15) is 9.59 Å². The lowest BCUT2D eigenvalue weighted by Gasteiger charge is -2.27. The van der Waals surface area contributed by atoms with E-state index < -0.39 is 6.04 Å². The van der Waals surface area contributed by atoms with E-state index in [-0.39, 0.29) is 23.2 Å². The minimum atomic E-state index is -0.460. The molecule has 0 spiro atoms. The Labute approximate surface area is 172 Å². The first-order chi connectivity index (χ1) is 14.2. The van der Waals surface area contributed by atoms with Gasteiger partial charge in [0.2, 0.25) is 5.76 Å². The molecule has 1 saturated heterocycles. The number of carbonyl (C=O) groups is 1. The summed E-state index contributed by atoms with van der Waals surface area (Å²) in [6, 6.07) is 14.7. The van der Waals surface area contributed by atoms with Crippen molar-refractivity contribution in [2.75, 3.05) is 19.4 Å². The highest BCUT2D eigenvalue weighted by molar-refractivity contribution is 7.98. The highest BCUT2D eigenvalue weighted by atomic mass is 32.2. The molecule has 0 N–H and O–H groups in total. The Hall–Kier alpha value is -2.57. The summed E-state index contributed by atoms with van der Waals surface area (Å²) in [5.74, 6) is -0.0806. The fourth-order valence-corrected chi connectivity index (χ4v) is 4.70. The number of nitrogens with zero attached hydrogens (tertiary/aromatic N) is 1. The Balaban J connectivity index is 1.68. The number of rotatable bonds is 4. The summed E-state index contributed by atoms with van der Waals surface area (Å²) in [4.78, 5) is 29.6. The molecule has 1 aromatic heterocycles. The molecule has 5 nitrogen and oxygen atoms in total. The summed E-state index contributed by atoms with van der Waals surface area (Å²) in [5.41, 5.74) is 1.66. The van der Waals surface area contributed by atoms with Crippen molar-refractivity contribution in [2.24, 2.45) is 0 Å². The molecule has 29 heavy (non-hydrogen) atoms. The van der Waals surface area contributed by atoms with Crippen molar-refractivity contribution in [1.29, 1.82) is 0 Å². The second-order valence-electron chi connectivity index (χ2n) is 7.44. The van der Waals surface area contributed by atoms with Crippen LogP contribution in [0.3, 0.4) is 0 Å². The molecule has 3 heterocycles. The lowest BCUT2D eigenvalue weighted by molar-refractivity contribution is 0.0486. The van der Waals surface area contributed by atoms with Crippen LogP contribution in [0.25, 0.3) is 11.0 Å². The van der Waals surface area contributed by atoms with Crippen LogP contribution in [0.5, 0.6) is 0 Å². The van der Waals surface area contributed by atoms with Crippen LogP contribution in [0.4, 0.5) is 0 Å². The van der Waals surface area contributed by atoms with Gasteiger partial charge in [-0.15, -0.1) is 11.8 Å². The van der Waals surface area contributed by atoms with Gasteiger partial charge in [0.25, 0.3) is 5.91 Å². The number of amides is 1. The van der Waals surface area contributed by atoms with Gasteiger partial charge >= 0.3 is 0 Å². The van der Waals surface area contributed by atoms with Crippen LogP contribution in [0.2, 0.25) is 0 Å². The Kier molecular flexibility index (Phi) is 4.68. The van der Waals surface area contributed by atoms with E-state index in [1.807, 2.05) is 36.6 Å². The van der Waals surface area contributed by atoms with Gasteiger partial charge in [0.15, 0.2) is 5.43 Å². The minimum Gasteiger partial charge on any atom is -0.450 e. The number of thioether (sulfide) groups is 1. The minimum absolute atomic E-state index is 0.00856. The van der Waals surface area contributed by atoms with Gasteiger partial charge in [0.1, 0.15) is 5.58 Å². The largest absolute Gasteiger partial charge is 0.450 e. The maximum Gasteiger partial charge on any atom is 0.291 e. The molecule has 1 fully saturated rings. The quantitative estimate of drug-likeness (QED) is 0.606. The molecular formula is C23H21NO4S. The Morgan fingerprint density at radius 2 is 1.90 bits per heavy atom. The Morgan fingerprint density at radius 1 is 1.10 bits per heavy atom. The zero-order valence-electron chi connectivity index (χ0n) is 16.1. The van der Waals surface area contributed by atoms with Crippen LogP contribution < -0.4 is 5.43 Å². The smallest absolute Gasteiger partial charge is 0.291 e. The Morgan fingerprint density at radius 3 is 2.62 bits per heavy atom. The molecule has 148 valence electrons. The fraction of sp³-hybridized carbons (Fsp3) is 0.304. The lowest BCUT2D eigenvalue weighted by Crippen LogP contribution is -2.36. The molecule has 0 aliphatic carbocycles. The number of hydrogen-bond acceptors (Lipinski definition) is 5. The van der Waals surface area contributed by atoms with Crippen molar-refractivity contribution >= 4 is 28.6 Å².